The van der Waals surface area contributed by atoms with Gasteiger partial charge in [-0.05, 0) is 43.1 Å². The van der Waals surface area contributed by atoms with Crippen molar-refractivity contribution in [1.82, 2.24) is 15.3 Å². The molecule has 90 valence electrons. The molecule has 0 aliphatic carbocycles. The normalized spacial score (nSPS) is 12.6. The second kappa shape index (κ2) is 4.75. The molecule has 5 heteroatoms. The number of benzene rings is 1. The average molecular weight is 252 g/mol. The van der Waals surface area contributed by atoms with Crippen molar-refractivity contribution in [3.63, 3.8) is 0 Å². The van der Waals surface area contributed by atoms with Gasteiger partial charge in [0.2, 0.25) is 5.28 Å². The van der Waals surface area contributed by atoms with Crippen LogP contribution in [-0.2, 0) is 0 Å². The maximum absolute atomic E-state index is 11.9. The fraction of sp³-hybridized carbons (Fsp3) is 0.333. The smallest absolute Gasteiger partial charge is 0.251 e. The van der Waals surface area contributed by atoms with Gasteiger partial charge in [0.25, 0.3) is 5.91 Å². The van der Waals surface area contributed by atoms with Crippen LogP contribution in [0.1, 0.15) is 30.6 Å². The van der Waals surface area contributed by atoms with Gasteiger partial charge in [-0.15, -0.1) is 0 Å². The molecule has 0 unspecified atom stereocenters. The van der Waals surface area contributed by atoms with E-state index in [1.54, 1.807) is 18.2 Å². The molecule has 1 aromatic carbocycles. The van der Waals surface area contributed by atoms with E-state index in [1.807, 2.05) is 13.8 Å². The molecule has 4 nitrogen and oxygen atoms in total. The van der Waals surface area contributed by atoms with E-state index in [1.165, 1.54) is 0 Å². The lowest BCUT2D eigenvalue weighted by Gasteiger charge is -2.11. The number of rotatable bonds is 3. The lowest BCUT2D eigenvalue weighted by atomic mass is 10.1. The average Bonchev–Trinajstić information content (AvgIpc) is 2.67. The van der Waals surface area contributed by atoms with Crippen LogP contribution in [0, 0.1) is 0 Å². The first-order valence-electron chi connectivity index (χ1n) is 5.56. The summed E-state index contributed by atoms with van der Waals surface area (Å²) in [5.41, 5.74) is 2.14. The minimum absolute atomic E-state index is 0.0769. The molecular weight excluding hydrogens is 238 g/mol. The predicted molar refractivity (Wildman–Crippen MR) is 68.3 cm³/mol. The second-order valence-electron chi connectivity index (χ2n) is 4.04. The number of aromatic nitrogens is 2. The zero-order valence-corrected chi connectivity index (χ0v) is 10.5. The third-order valence-corrected chi connectivity index (χ3v) is 2.88. The minimum atomic E-state index is -0.0769. The highest BCUT2D eigenvalue weighted by Crippen LogP contribution is 2.16. The number of fused-ring (bicyclic) bond motifs is 1. The van der Waals surface area contributed by atoms with E-state index in [2.05, 4.69) is 15.3 Å². The maximum atomic E-state index is 11.9. The Morgan fingerprint density at radius 3 is 3.06 bits per heavy atom. The Balaban J connectivity index is 2.26. The third kappa shape index (κ3) is 2.58. The van der Waals surface area contributed by atoms with Crippen molar-refractivity contribution in [2.75, 3.05) is 0 Å². The first-order chi connectivity index (χ1) is 8.10. The quantitative estimate of drug-likeness (QED) is 0.881. The molecule has 2 aromatic rings. The summed E-state index contributed by atoms with van der Waals surface area (Å²) in [7, 11) is 0. The summed E-state index contributed by atoms with van der Waals surface area (Å²) in [5, 5.41) is 3.24. The summed E-state index contributed by atoms with van der Waals surface area (Å²) in [5.74, 6) is -0.0769. The molecule has 0 fully saturated rings. The lowest BCUT2D eigenvalue weighted by molar-refractivity contribution is 0.0939. The van der Waals surface area contributed by atoms with Gasteiger partial charge in [0, 0.05) is 11.6 Å². The fourth-order valence-electron chi connectivity index (χ4n) is 1.53. The van der Waals surface area contributed by atoms with Crippen LogP contribution in [0.2, 0.25) is 5.28 Å². The molecule has 17 heavy (non-hydrogen) atoms. The van der Waals surface area contributed by atoms with Crippen LogP contribution in [0.3, 0.4) is 0 Å². The van der Waals surface area contributed by atoms with E-state index in [4.69, 9.17) is 11.6 Å². The minimum Gasteiger partial charge on any atom is -0.350 e. The topological polar surface area (TPSA) is 57.8 Å². The first kappa shape index (κ1) is 11.9. The van der Waals surface area contributed by atoms with Gasteiger partial charge in [-0.1, -0.05) is 6.92 Å². The van der Waals surface area contributed by atoms with Crippen LogP contribution < -0.4 is 5.32 Å². The van der Waals surface area contributed by atoms with Crippen molar-refractivity contribution in [2.45, 2.75) is 26.3 Å². The number of hydrogen-bond acceptors (Lipinski definition) is 2. The number of amides is 1. The number of nitrogens with one attached hydrogen (secondary N) is 2. The number of imidazole rings is 1. The number of aromatic amines is 1. The van der Waals surface area contributed by atoms with E-state index in [-0.39, 0.29) is 11.9 Å². The van der Waals surface area contributed by atoms with E-state index in [0.29, 0.717) is 10.8 Å². The fourth-order valence-corrected chi connectivity index (χ4v) is 1.72. The number of halogens is 1. The third-order valence-electron chi connectivity index (χ3n) is 2.71. The predicted octanol–water partition coefficient (Wildman–Crippen LogP) is 2.74. The number of carbonyl (C=O) groups excluding carboxylic acids is 1. The van der Waals surface area contributed by atoms with Gasteiger partial charge in [0.15, 0.2) is 0 Å². The zero-order valence-electron chi connectivity index (χ0n) is 9.75. The van der Waals surface area contributed by atoms with Crippen LogP contribution in [0.25, 0.3) is 11.0 Å². The Morgan fingerprint density at radius 1 is 1.59 bits per heavy atom. The van der Waals surface area contributed by atoms with Gasteiger partial charge in [0.05, 0.1) is 11.0 Å². The van der Waals surface area contributed by atoms with E-state index < -0.39 is 0 Å². The molecule has 1 heterocycles. The number of hydrogen-bond donors (Lipinski definition) is 2. The van der Waals surface area contributed by atoms with E-state index in [9.17, 15) is 4.79 Å². The van der Waals surface area contributed by atoms with Crippen molar-refractivity contribution >= 4 is 28.5 Å². The van der Waals surface area contributed by atoms with Crippen molar-refractivity contribution in [1.29, 1.82) is 0 Å². The monoisotopic (exact) mass is 251 g/mol. The molecule has 1 aromatic heterocycles. The van der Waals surface area contributed by atoms with Gasteiger partial charge in [-0.25, -0.2) is 4.98 Å². The van der Waals surface area contributed by atoms with Gasteiger partial charge < -0.3 is 10.3 Å². The van der Waals surface area contributed by atoms with Crippen LogP contribution in [-0.4, -0.2) is 21.9 Å². The summed E-state index contributed by atoms with van der Waals surface area (Å²) >= 11 is 5.75. The summed E-state index contributed by atoms with van der Waals surface area (Å²) in [6.45, 7) is 4.01. The van der Waals surface area contributed by atoms with E-state index >= 15 is 0 Å². The highest BCUT2D eigenvalue weighted by atomic mass is 35.5. The second-order valence-corrected chi connectivity index (χ2v) is 4.40. The van der Waals surface area contributed by atoms with Gasteiger partial charge in [0.1, 0.15) is 0 Å². The van der Waals surface area contributed by atoms with Gasteiger partial charge >= 0.3 is 0 Å². The highest BCUT2D eigenvalue weighted by Gasteiger charge is 2.10. The zero-order chi connectivity index (χ0) is 12.4. The first-order valence-corrected chi connectivity index (χ1v) is 5.94. The molecule has 0 spiro atoms. The molecule has 1 atom stereocenters. The SMILES string of the molecule is CC[C@H](C)NC(=O)c1ccc2nc(Cl)[nH]c2c1. The lowest BCUT2D eigenvalue weighted by Crippen LogP contribution is -2.31. The Morgan fingerprint density at radius 2 is 2.35 bits per heavy atom. The maximum Gasteiger partial charge on any atom is 0.251 e. The summed E-state index contributed by atoms with van der Waals surface area (Å²) in [6, 6.07) is 5.45. The van der Waals surface area contributed by atoms with Gasteiger partial charge in [-0.3, -0.25) is 4.79 Å². The molecule has 0 saturated carbocycles. The molecule has 2 N–H and O–H groups in total. The molecular formula is C12H14ClN3O. The standard InChI is InChI=1S/C12H14ClN3O/c1-3-7(2)14-11(17)8-4-5-9-10(6-8)16-12(13)15-9/h4-7H,3H2,1-2H3,(H,14,17)(H,15,16)/t7-/m0/s1. The number of carbonyl (C=O) groups is 1. The summed E-state index contributed by atoms with van der Waals surface area (Å²) in [6.07, 6.45) is 0.907. The van der Waals surface area contributed by atoms with Crippen molar-refractivity contribution < 1.29 is 4.79 Å². The van der Waals surface area contributed by atoms with Crippen LogP contribution >= 0.6 is 11.6 Å². The molecule has 0 aliphatic heterocycles. The molecule has 0 saturated heterocycles. The van der Waals surface area contributed by atoms with Crippen molar-refractivity contribution in [2.24, 2.45) is 0 Å². The van der Waals surface area contributed by atoms with Crippen LogP contribution in [0.15, 0.2) is 18.2 Å². The number of nitrogens with zero attached hydrogens (tertiary/aromatic N) is 1. The molecule has 0 radical (unpaired) electrons. The Kier molecular flexibility index (Phi) is 3.33. The Labute approximate surface area is 104 Å². The highest BCUT2D eigenvalue weighted by molar-refractivity contribution is 6.29. The van der Waals surface area contributed by atoms with Crippen LogP contribution in [0.5, 0.6) is 0 Å². The summed E-state index contributed by atoms with van der Waals surface area (Å²) < 4.78 is 0. The molecule has 0 aliphatic rings. The molecule has 0 bridgehead atoms. The number of H-pyrrole nitrogens is 1. The Hall–Kier alpha value is -1.55. The van der Waals surface area contributed by atoms with E-state index in [0.717, 1.165) is 17.5 Å². The Bertz CT molecular complexity index is 550. The van der Waals surface area contributed by atoms with Crippen molar-refractivity contribution in [3.8, 4) is 0 Å². The molecule has 1 amide bonds. The van der Waals surface area contributed by atoms with Gasteiger partial charge in [-0.2, -0.15) is 0 Å². The van der Waals surface area contributed by atoms with Crippen molar-refractivity contribution in [3.05, 3.63) is 29.0 Å². The largest absolute Gasteiger partial charge is 0.350 e. The summed E-state index contributed by atoms with van der Waals surface area (Å²) in [4.78, 5) is 18.9. The molecule has 2 rings (SSSR count). The van der Waals surface area contributed by atoms with Crippen LogP contribution in [0.4, 0.5) is 0 Å².